The van der Waals surface area contributed by atoms with Gasteiger partial charge >= 0.3 is 0 Å². The molecule has 112 valence electrons. The van der Waals surface area contributed by atoms with Crippen LogP contribution in [0.5, 0.6) is 0 Å². The number of aliphatic hydroxyl groups is 1. The highest BCUT2D eigenvalue weighted by Gasteiger charge is 2.21. The van der Waals surface area contributed by atoms with E-state index in [1.54, 1.807) is 7.11 Å². The van der Waals surface area contributed by atoms with Gasteiger partial charge in [-0.3, -0.25) is 0 Å². The molecular formula is C15H23ClN2O2. The minimum atomic E-state index is -0.506. The van der Waals surface area contributed by atoms with Crippen LogP contribution in [-0.2, 0) is 11.3 Å². The Labute approximate surface area is 125 Å². The second-order valence-electron chi connectivity index (χ2n) is 5.42. The van der Waals surface area contributed by atoms with E-state index in [-0.39, 0.29) is 0 Å². The zero-order valence-corrected chi connectivity index (χ0v) is 12.9. The maximum atomic E-state index is 9.85. The first-order chi connectivity index (χ1) is 9.60. The number of nitrogens with one attached hydrogen (secondary N) is 1. The molecule has 4 nitrogen and oxygen atoms in total. The third-order valence-corrected chi connectivity index (χ3v) is 3.70. The molecule has 1 fully saturated rings. The van der Waals surface area contributed by atoms with Crippen LogP contribution in [0.15, 0.2) is 18.2 Å². The van der Waals surface area contributed by atoms with Crippen LogP contribution in [0.2, 0.25) is 5.02 Å². The van der Waals surface area contributed by atoms with Crippen LogP contribution in [0.3, 0.4) is 0 Å². The minimum absolute atomic E-state index is 0.334. The van der Waals surface area contributed by atoms with Crippen molar-refractivity contribution in [2.75, 3.05) is 32.2 Å². The Morgan fingerprint density at radius 1 is 1.50 bits per heavy atom. The van der Waals surface area contributed by atoms with Gasteiger partial charge < -0.3 is 20.1 Å². The van der Waals surface area contributed by atoms with Gasteiger partial charge in [-0.15, -0.1) is 0 Å². The second kappa shape index (κ2) is 7.27. The third kappa shape index (κ3) is 4.63. The van der Waals surface area contributed by atoms with Crippen molar-refractivity contribution in [3.63, 3.8) is 0 Å². The van der Waals surface area contributed by atoms with Crippen molar-refractivity contribution in [2.24, 2.45) is 0 Å². The van der Waals surface area contributed by atoms with Gasteiger partial charge in [0.05, 0.1) is 12.7 Å². The molecule has 2 rings (SSSR count). The average Bonchev–Trinajstić information content (AvgIpc) is 3.21. The van der Waals surface area contributed by atoms with Crippen LogP contribution < -0.4 is 10.2 Å². The molecule has 0 heterocycles. The van der Waals surface area contributed by atoms with E-state index in [1.165, 1.54) is 18.4 Å². The number of hydrogen-bond donors (Lipinski definition) is 2. The molecule has 1 aliphatic rings. The number of nitrogens with zero attached hydrogens (tertiary/aromatic N) is 1. The summed E-state index contributed by atoms with van der Waals surface area (Å²) in [7, 11) is 3.55. The fraction of sp³-hybridized carbons (Fsp3) is 0.600. The highest BCUT2D eigenvalue weighted by atomic mass is 35.5. The van der Waals surface area contributed by atoms with Crippen LogP contribution in [-0.4, -0.2) is 44.6 Å². The summed E-state index contributed by atoms with van der Waals surface area (Å²) in [5, 5.41) is 14.1. The van der Waals surface area contributed by atoms with E-state index < -0.39 is 6.10 Å². The predicted molar refractivity (Wildman–Crippen MR) is 82.5 cm³/mol. The molecule has 1 aromatic carbocycles. The average molecular weight is 299 g/mol. The molecule has 20 heavy (non-hydrogen) atoms. The van der Waals surface area contributed by atoms with Gasteiger partial charge in [-0.1, -0.05) is 17.7 Å². The first-order valence-electron chi connectivity index (χ1n) is 7.00. The summed E-state index contributed by atoms with van der Waals surface area (Å²) in [6.45, 7) is 1.69. The molecule has 0 spiro atoms. The number of aliphatic hydroxyl groups excluding tert-OH is 1. The maximum absolute atomic E-state index is 9.85. The number of likely N-dealkylation sites (N-methyl/N-ethyl adjacent to an activating group) is 1. The lowest BCUT2D eigenvalue weighted by molar-refractivity contribution is 0.0695. The minimum Gasteiger partial charge on any atom is -0.389 e. The van der Waals surface area contributed by atoms with Gasteiger partial charge in [-0.2, -0.15) is 0 Å². The topological polar surface area (TPSA) is 44.7 Å². The van der Waals surface area contributed by atoms with Gasteiger partial charge in [-0.05, 0) is 30.5 Å². The maximum Gasteiger partial charge on any atom is 0.0947 e. The van der Waals surface area contributed by atoms with Crippen molar-refractivity contribution in [3.8, 4) is 0 Å². The molecule has 0 aliphatic heterocycles. The highest BCUT2D eigenvalue weighted by Crippen LogP contribution is 2.26. The largest absolute Gasteiger partial charge is 0.389 e. The summed E-state index contributed by atoms with van der Waals surface area (Å²) >= 11 is 6.10. The molecule has 5 heteroatoms. The number of benzene rings is 1. The Morgan fingerprint density at radius 2 is 2.25 bits per heavy atom. The number of rotatable bonds is 8. The van der Waals surface area contributed by atoms with Crippen LogP contribution in [0.25, 0.3) is 0 Å². The zero-order valence-electron chi connectivity index (χ0n) is 12.1. The van der Waals surface area contributed by atoms with E-state index in [1.807, 2.05) is 30.1 Å². The van der Waals surface area contributed by atoms with Gasteiger partial charge in [0, 0.05) is 44.0 Å². The number of hydrogen-bond acceptors (Lipinski definition) is 4. The fourth-order valence-electron chi connectivity index (χ4n) is 2.24. The molecule has 1 aromatic rings. The number of halogens is 1. The summed E-state index contributed by atoms with van der Waals surface area (Å²) in [4.78, 5) is 2.03. The first-order valence-corrected chi connectivity index (χ1v) is 7.38. The molecule has 1 aliphatic carbocycles. The summed E-state index contributed by atoms with van der Waals surface area (Å²) in [5.41, 5.74) is 2.26. The molecule has 0 aromatic heterocycles. The van der Waals surface area contributed by atoms with Crippen molar-refractivity contribution in [2.45, 2.75) is 31.5 Å². The number of anilines is 1. The van der Waals surface area contributed by atoms with Crippen molar-refractivity contribution in [1.82, 2.24) is 5.32 Å². The first kappa shape index (κ1) is 15.6. The zero-order chi connectivity index (χ0) is 14.5. The Hall–Kier alpha value is -0.810. The van der Waals surface area contributed by atoms with Crippen LogP contribution >= 0.6 is 11.6 Å². The molecule has 0 amide bonds. The van der Waals surface area contributed by atoms with E-state index in [0.29, 0.717) is 24.2 Å². The summed E-state index contributed by atoms with van der Waals surface area (Å²) < 4.78 is 4.97. The molecule has 0 bridgehead atoms. The summed E-state index contributed by atoms with van der Waals surface area (Å²) in [6, 6.07) is 6.58. The predicted octanol–water partition coefficient (Wildman–Crippen LogP) is 2.04. The van der Waals surface area contributed by atoms with Gasteiger partial charge in [0.2, 0.25) is 0 Å². The Kier molecular flexibility index (Phi) is 5.66. The van der Waals surface area contributed by atoms with Gasteiger partial charge in [-0.25, -0.2) is 0 Å². The van der Waals surface area contributed by atoms with Gasteiger partial charge in [0.25, 0.3) is 0 Å². The lowest BCUT2D eigenvalue weighted by atomic mass is 10.1. The van der Waals surface area contributed by atoms with Crippen molar-refractivity contribution in [3.05, 3.63) is 28.8 Å². The number of ether oxygens (including phenoxy) is 1. The molecule has 2 N–H and O–H groups in total. The molecule has 1 saturated carbocycles. The summed E-state index contributed by atoms with van der Waals surface area (Å²) in [6.07, 6.45) is 2.03. The van der Waals surface area contributed by atoms with E-state index in [9.17, 15) is 5.11 Å². The molecule has 0 radical (unpaired) electrons. The summed E-state index contributed by atoms with van der Waals surface area (Å²) in [5.74, 6) is 0. The lowest BCUT2D eigenvalue weighted by Gasteiger charge is -2.25. The monoisotopic (exact) mass is 298 g/mol. The lowest BCUT2D eigenvalue weighted by Crippen LogP contribution is -2.32. The standard InChI is InChI=1S/C15H23ClN2O2/c1-18(9-14(19)10-20-2)15-7-12(16)4-3-11(15)8-17-13-5-6-13/h3-4,7,13-14,17,19H,5-6,8-10H2,1-2H3. The van der Waals surface area contributed by atoms with E-state index in [2.05, 4.69) is 5.32 Å². The van der Waals surface area contributed by atoms with E-state index >= 15 is 0 Å². The number of methoxy groups -OCH3 is 1. The van der Waals surface area contributed by atoms with E-state index in [4.69, 9.17) is 16.3 Å². The van der Waals surface area contributed by atoms with E-state index in [0.717, 1.165) is 12.2 Å². The normalized spacial score (nSPS) is 16.2. The highest BCUT2D eigenvalue weighted by molar-refractivity contribution is 6.30. The van der Waals surface area contributed by atoms with Crippen molar-refractivity contribution in [1.29, 1.82) is 0 Å². The smallest absolute Gasteiger partial charge is 0.0947 e. The fourth-order valence-corrected chi connectivity index (χ4v) is 2.41. The second-order valence-corrected chi connectivity index (χ2v) is 5.85. The van der Waals surface area contributed by atoms with Gasteiger partial charge in [0.15, 0.2) is 0 Å². The quantitative estimate of drug-likeness (QED) is 0.771. The van der Waals surface area contributed by atoms with Crippen LogP contribution in [0.1, 0.15) is 18.4 Å². The van der Waals surface area contributed by atoms with Crippen LogP contribution in [0.4, 0.5) is 5.69 Å². The molecule has 0 saturated heterocycles. The van der Waals surface area contributed by atoms with Crippen LogP contribution in [0, 0.1) is 0 Å². The molecule has 1 atom stereocenters. The van der Waals surface area contributed by atoms with Crippen molar-refractivity contribution >= 4 is 17.3 Å². The SMILES string of the molecule is COCC(O)CN(C)c1cc(Cl)ccc1CNC1CC1. The molecule has 1 unspecified atom stereocenters. The van der Waals surface area contributed by atoms with Crippen molar-refractivity contribution < 1.29 is 9.84 Å². The van der Waals surface area contributed by atoms with Gasteiger partial charge in [0.1, 0.15) is 0 Å². The molecular weight excluding hydrogens is 276 g/mol. The Balaban J connectivity index is 2.04. The Morgan fingerprint density at radius 3 is 2.90 bits per heavy atom. The Bertz CT molecular complexity index is 438. The third-order valence-electron chi connectivity index (χ3n) is 3.46.